The van der Waals surface area contributed by atoms with Crippen LogP contribution in [0.4, 0.5) is 4.39 Å². The molecule has 7 heteroatoms. The van der Waals surface area contributed by atoms with Crippen molar-refractivity contribution >= 4 is 15.9 Å². The molecule has 3 aromatic rings. The van der Waals surface area contributed by atoms with Gasteiger partial charge in [0.25, 0.3) is 0 Å². The Labute approximate surface area is 187 Å². The summed E-state index contributed by atoms with van der Waals surface area (Å²) < 4.78 is 41.6. The Balaban J connectivity index is 1.58. The van der Waals surface area contributed by atoms with Crippen LogP contribution in [-0.4, -0.2) is 20.4 Å². The molecule has 4 rings (SSSR count). The van der Waals surface area contributed by atoms with Crippen molar-refractivity contribution in [1.82, 2.24) is 10.0 Å². The molecule has 3 aromatic carbocycles. The van der Waals surface area contributed by atoms with Gasteiger partial charge in [0.1, 0.15) is 11.9 Å². The van der Waals surface area contributed by atoms with Gasteiger partial charge in [-0.25, -0.2) is 12.8 Å². The summed E-state index contributed by atoms with van der Waals surface area (Å²) in [5.41, 5.74) is 3.11. The SMILES string of the molecule is O=C(N[C@@H]1CCCc2ccccc21)[C@H](Cc1ccccc1)NS(=O)(=O)c1ccc(F)cc1. The van der Waals surface area contributed by atoms with Crippen molar-refractivity contribution in [2.75, 3.05) is 0 Å². The molecule has 0 saturated carbocycles. The van der Waals surface area contributed by atoms with Gasteiger partial charge >= 0.3 is 0 Å². The van der Waals surface area contributed by atoms with E-state index in [1.54, 1.807) is 0 Å². The molecule has 1 aliphatic carbocycles. The number of nitrogens with one attached hydrogen (secondary N) is 2. The first-order valence-corrected chi connectivity index (χ1v) is 12.1. The maximum absolute atomic E-state index is 13.3. The second-order valence-electron chi connectivity index (χ2n) is 7.97. The van der Waals surface area contributed by atoms with E-state index < -0.39 is 21.9 Å². The van der Waals surface area contributed by atoms with E-state index in [0.29, 0.717) is 0 Å². The highest BCUT2D eigenvalue weighted by molar-refractivity contribution is 7.89. The third-order valence-electron chi connectivity index (χ3n) is 5.71. The number of carbonyl (C=O) groups excluding carboxylic acids is 1. The van der Waals surface area contributed by atoms with Gasteiger partial charge in [-0.05, 0) is 66.6 Å². The lowest BCUT2D eigenvalue weighted by Crippen LogP contribution is -2.49. The second kappa shape index (κ2) is 9.63. The van der Waals surface area contributed by atoms with Gasteiger partial charge in [-0.15, -0.1) is 0 Å². The molecule has 1 aliphatic rings. The minimum absolute atomic E-state index is 0.0900. The smallest absolute Gasteiger partial charge is 0.241 e. The van der Waals surface area contributed by atoms with Crippen LogP contribution >= 0.6 is 0 Å². The quantitative estimate of drug-likeness (QED) is 0.571. The zero-order valence-electron chi connectivity index (χ0n) is 17.5. The number of carbonyl (C=O) groups is 1. The van der Waals surface area contributed by atoms with Gasteiger partial charge in [-0.3, -0.25) is 4.79 Å². The van der Waals surface area contributed by atoms with E-state index in [2.05, 4.69) is 16.1 Å². The van der Waals surface area contributed by atoms with Crippen LogP contribution in [0.5, 0.6) is 0 Å². The van der Waals surface area contributed by atoms with Gasteiger partial charge in [0.15, 0.2) is 0 Å². The van der Waals surface area contributed by atoms with Crippen LogP contribution in [0.15, 0.2) is 83.8 Å². The molecule has 2 N–H and O–H groups in total. The van der Waals surface area contributed by atoms with Crippen LogP contribution in [0.3, 0.4) is 0 Å². The third-order valence-corrected chi connectivity index (χ3v) is 7.19. The van der Waals surface area contributed by atoms with Crippen molar-refractivity contribution in [2.45, 2.75) is 42.7 Å². The van der Waals surface area contributed by atoms with Crippen molar-refractivity contribution in [1.29, 1.82) is 0 Å². The van der Waals surface area contributed by atoms with E-state index in [9.17, 15) is 17.6 Å². The number of hydrogen-bond donors (Lipinski definition) is 2. The predicted molar refractivity (Wildman–Crippen MR) is 121 cm³/mol. The molecule has 0 bridgehead atoms. The summed E-state index contributed by atoms with van der Waals surface area (Å²) in [6.45, 7) is 0. The van der Waals surface area contributed by atoms with Gasteiger partial charge in [0.2, 0.25) is 15.9 Å². The van der Waals surface area contributed by atoms with Crippen molar-refractivity contribution in [3.63, 3.8) is 0 Å². The predicted octanol–water partition coefficient (Wildman–Crippen LogP) is 3.91. The molecule has 166 valence electrons. The van der Waals surface area contributed by atoms with E-state index in [1.165, 1.54) is 17.7 Å². The van der Waals surface area contributed by atoms with Crippen LogP contribution in [0.2, 0.25) is 0 Å². The van der Waals surface area contributed by atoms with Gasteiger partial charge in [0.05, 0.1) is 10.9 Å². The molecule has 0 aromatic heterocycles. The lowest BCUT2D eigenvalue weighted by molar-refractivity contribution is -0.123. The normalized spacial score (nSPS) is 16.7. The molecule has 1 amide bonds. The third kappa shape index (κ3) is 5.23. The molecule has 0 radical (unpaired) electrons. The Morgan fingerprint density at radius 2 is 1.66 bits per heavy atom. The molecule has 0 aliphatic heterocycles. The number of aryl methyl sites for hydroxylation is 1. The van der Waals surface area contributed by atoms with Crippen LogP contribution in [0.1, 0.15) is 35.6 Å². The topological polar surface area (TPSA) is 75.3 Å². The fraction of sp³-hybridized carbons (Fsp3) is 0.240. The highest BCUT2D eigenvalue weighted by Crippen LogP contribution is 2.29. The van der Waals surface area contributed by atoms with Gasteiger partial charge < -0.3 is 5.32 Å². The molecular formula is C25H25FN2O3S. The maximum atomic E-state index is 13.3. The van der Waals surface area contributed by atoms with Crippen LogP contribution in [0.25, 0.3) is 0 Å². The van der Waals surface area contributed by atoms with Crippen molar-refractivity contribution in [2.24, 2.45) is 0 Å². The Morgan fingerprint density at radius 3 is 2.41 bits per heavy atom. The van der Waals surface area contributed by atoms with Crippen LogP contribution < -0.4 is 10.0 Å². The number of amides is 1. The monoisotopic (exact) mass is 452 g/mol. The summed E-state index contributed by atoms with van der Waals surface area (Å²) in [5.74, 6) is -0.917. The molecule has 0 saturated heterocycles. The molecule has 5 nitrogen and oxygen atoms in total. The number of rotatable bonds is 7. The average molecular weight is 453 g/mol. The zero-order valence-corrected chi connectivity index (χ0v) is 18.3. The minimum Gasteiger partial charge on any atom is -0.348 e. The summed E-state index contributed by atoms with van der Waals surface area (Å²) in [5, 5.41) is 3.05. The van der Waals surface area contributed by atoms with Gasteiger partial charge in [0, 0.05) is 0 Å². The molecule has 0 spiro atoms. The second-order valence-corrected chi connectivity index (χ2v) is 9.68. The maximum Gasteiger partial charge on any atom is 0.241 e. The molecule has 32 heavy (non-hydrogen) atoms. The lowest BCUT2D eigenvalue weighted by atomic mass is 9.87. The van der Waals surface area contributed by atoms with Gasteiger partial charge in [-0.2, -0.15) is 4.72 Å². The first-order chi connectivity index (χ1) is 15.4. The minimum atomic E-state index is -4.02. The average Bonchev–Trinajstić information content (AvgIpc) is 2.80. The Morgan fingerprint density at radius 1 is 0.969 bits per heavy atom. The molecule has 2 atom stereocenters. The summed E-state index contributed by atoms with van der Waals surface area (Å²) in [4.78, 5) is 13.2. The Hall–Kier alpha value is -3.03. The highest BCUT2D eigenvalue weighted by Gasteiger charge is 2.29. The molecular weight excluding hydrogens is 427 g/mol. The molecule has 0 fully saturated rings. The fourth-order valence-corrected chi connectivity index (χ4v) is 5.28. The summed E-state index contributed by atoms with van der Waals surface area (Å²) in [6, 6.07) is 20.6. The Bertz CT molecular complexity index is 1180. The summed E-state index contributed by atoms with van der Waals surface area (Å²) >= 11 is 0. The summed E-state index contributed by atoms with van der Waals surface area (Å²) in [7, 11) is -4.02. The first kappa shape index (κ1) is 22.2. The standard InChI is InChI=1S/C25H25FN2O3S/c26-20-13-15-21(16-14-20)32(30,31)28-24(17-18-7-2-1-3-8-18)25(29)27-23-12-6-10-19-9-4-5-11-22(19)23/h1-5,7-9,11,13-16,23-24,28H,6,10,12,17H2,(H,27,29)/t23-,24+/m1/s1. The number of halogens is 1. The zero-order chi connectivity index (χ0) is 22.6. The number of fused-ring (bicyclic) bond motifs is 1. The molecule has 0 heterocycles. The largest absolute Gasteiger partial charge is 0.348 e. The number of sulfonamides is 1. The lowest BCUT2D eigenvalue weighted by Gasteiger charge is -2.28. The van der Waals surface area contributed by atoms with Crippen LogP contribution in [-0.2, 0) is 27.7 Å². The number of hydrogen-bond acceptors (Lipinski definition) is 3. The first-order valence-electron chi connectivity index (χ1n) is 10.6. The van der Waals surface area contributed by atoms with Crippen molar-refractivity contribution in [3.05, 3.63) is 101 Å². The highest BCUT2D eigenvalue weighted by atomic mass is 32.2. The Kier molecular flexibility index (Phi) is 6.67. The van der Waals surface area contributed by atoms with E-state index in [1.807, 2.05) is 48.5 Å². The molecule has 0 unspecified atom stereocenters. The van der Waals surface area contributed by atoms with E-state index in [0.717, 1.165) is 42.5 Å². The van der Waals surface area contributed by atoms with Gasteiger partial charge in [-0.1, -0.05) is 54.6 Å². The van der Waals surface area contributed by atoms with Crippen LogP contribution in [0, 0.1) is 5.82 Å². The summed E-state index contributed by atoms with van der Waals surface area (Å²) in [6.07, 6.45) is 2.91. The number of benzene rings is 3. The fourth-order valence-electron chi connectivity index (χ4n) is 4.08. The van der Waals surface area contributed by atoms with Crippen molar-refractivity contribution < 1.29 is 17.6 Å². The van der Waals surface area contributed by atoms with Crippen molar-refractivity contribution in [3.8, 4) is 0 Å². The van der Waals surface area contributed by atoms with E-state index in [-0.39, 0.29) is 23.3 Å². The van der Waals surface area contributed by atoms with E-state index >= 15 is 0 Å². The van der Waals surface area contributed by atoms with E-state index in [4.69, 9.17) is 0 Å².